The molecule has 0 radical (unpaired) electrons. The third-order valence-corrected chi connectivity index (χ3v) is 2.00. The van der Waals surface area contributed by atoms with Crippen molar-refractivity contribution >= 4 is 11.0 Å². The van der Waals surface area contributed by atoms with Crippen LogP contribution in [0.25, 0.3) is 11.0 Å². The smallest absolute Gasteiger partial charge is 0.111 e. The molecule has 0 amide bonds. The molecular weight excluding hydrogens is 150 g/mol. The van der Waals surface area contributed by atoms with E-state index in [0.717, 1.165) is 11.0 Å². The van der Waals surface area contributed by atoms with E-state index in [1.165, 1.54) is 5.56 Å². The van der Waals surface area contributed by atoms with Gasteiger partial charge in [-0.25, -0.2) is 0 Å². The van der Waals surface area contributed by atoms with E-state index >= 15 is 0 Å². The Morgan fingerprint density at radius 3 is 3.00 bits per heavy atom. The molecule has 2 rings (SSSR count). The summed E-state index contributed by atoms with van der Waals surface area (Å²) < 4.78 is 0. The molecule has 0 unspecified atom stereocenters. The molecule has 62 valence electrons. The van der Waals surface area contributed by atoms with Crippen LogP contribution in [-0.4, -0.2) is 15.2 Å². The molecule has 0 aliphatic carbocycles. The lowest BCUT2D eigenvalue weighted by Crippen LogP contribution is -1.92. The van der Waals surface area contributed by atoms with E-state index in [0.29, 0.717) is 5.92 Å². The average Bonchev–Trinajstić information content (AvgIpc) is 2.49. The lowest BCUT2D eigenvalue weighted by Gasteiger charge is -2.04. The fourth-order valence-corrected chi connectivity index (χ4v) is 1.33. The highest BCUT2D eigenvalue weighted by molar-refractivity contribution is 5.77. The standard InChI is InChI=1S/C9H11N3/c1-6(2)7-5-11-12-8-3-4-10-9(7)8/h3-6,10H,1-2H3. The normalized spacial score (nSPS) is 11.2. The van der Waals surface area contributed by atoms with Gasteiger partial charge in [-0.3, -0.25) is 0 Å². The first-order valence-corrected chi connectivity index (χ1v) is 4.07. The van der Waals surface area contributed by atoms with Crippen LogP contribution in [0.2, 0.25) is 0 Å². The van der Waals surface area contributed by atoms with Crippen LogP contribution in [0.3, 0.4) is 0 Å². The summed E-state index contributed by atoms with van der Waals surface area (Å²) in [5.74, 6) is 0.488. The SMILES string of the molecule is CC(C)c1cnnc2cc[nH]c12. The summed E-state index contributed by atoms with van der Waals surface area (Å²) in [5.41, 5.74) is 3.28. The maximum absolute atomic E-state index is 4.00. The summed E-state index contributed by atoms with van der Waals surface area (Å²) in [5, 5.41) is 7.94. The van der Waals surface area contributed by atoms with E-state index in [-0.39, 0.29) is 0 Å². The predicted octanol–water partition coefficient (Wildman–Crippen LogP) is 2.08. The number of hydrogen-bond acceptors (Lipinski definition) is 2. The molecule has 0 saturated carbocycles. The van der Waals surface area contributed by atoms with Gasteiger partial charge in [-0.2, -0.15) is 5.10 Å². The first-order chi connectivity index (χ1) is 5.79. The second-order valence-corrected chi connectivity index (χ2v) is 3.19. The largest absolute Gasteiger partial charge is 0.360 e. The number of nitrogens with zero attached hydrogens (tertiary/aromatic N) is 2. The first kappa shape index (κ1) is 7.28. The van der Waals surface area contributed by atoms with Gasteiger partial charge in [-0.1, -0.05) is 13.8 Å². The van der Waals surface area contributed by atoms with E-state index in [4.69, 9.17) is 0 Å². The molecule has 1 N–H and O–H groups in total. The minimum atomic E-state index is 0.488. The Hall–Kier alpha value is -1.38. The van der Waals surface area contributed by atoms with Crippen LogP contribution >= 0.6 is 0 Å². The zero-order valence-electron chi connectivity index (χ0n) is 7.20. The summed E-state index contributed by atoms with van der Waals surface area (Å²) in [4.78, 5) is 3.17. The molecule has 3 nitrogen and oxygen atoms in total. The van der Waals surface area contributed by atoms with Gasteiger partial charge in [0, 0.05) is 11.8 Å². The second-order valence-electron chi connectivity index (χ2n) is 3.19. The number of aromatic amines is 1. The molecule has 0 atom stereocenters. The van der Waals surface area contributed by atoms with Gasteiger partial charge in [0.25, 0.3) is 0 Å². The Kier molecular flexibility index (Phi) is 1.57. The van der Waals surface area contributed by atoms with E-state index < -0.39 is 0 Å². The Bertz CT molecular complexity index is 389. The fraction of sp³-hybridized carbons (Fsp3) is 0.333. The summed E-state index contributed by atoms with van der Waals surface area (Å²) in [6.07, 6.45) is 3.72. The summed E-state index contributed by atoms with van der Waals surface area (Å²) in [6, 6.07) is 1.94. The van der Waals surface area contributed by atoms with Gasteiger partial charge in [-0.15, -0.1) is 5.10 Å². The van der Waals surface area contributed by atoms with Crippen molar-refractivity contribution in [3.63, 3.8) is 0 Å². The Balaban J connectivity index is 2.73. The van der Waals surface area contributed by atoms with Gasteiger partial charge >= 0.3 is 0 Å². The van der Waals surface area contributed by atoms with Gasteiger partial charge in [-0.05, 0) is 12.0 Å². The number of nitrogens with one attached hydrogen (secondary N) is 1. The molecule has 0 aliphatic rings. The molecule has 0 spiro atoms. The molecule has 0 aliphatic heterocycles. The number of rotatable bonds is 1. The van der Waals surface area contributed by atoms with Crippen molar-refractivity contribution in [1.82, 2.24) is 15.2 Å². The van der Waals surface area contributed by atoms with Crippen LogP contribution < -0.4 is 0 Å². The van der Waals surface area contributed by atoms with E-state index in [1.54, 1.807) is 0 Å². The van der Waals surface area contributed by atoms with Crippen molar-refractivity contribution in [2.75, 3.05) is 0 Å². The van der Waals surface area contributed by atoms with Crippen LogP contribution in [0, 0.1) is 0 Å². The molecule has 0 bridgehead atoms. The van der Waals surface area contributed by atoms with Gasteiger partial charge in [0.1, 0.15) is 5.52 Å². The van der Waals surface area contributed by atoms with Gasteiger partial charge in [0.15, 0.2) is 0 Å². The van der Waals surface area contributed by atoms with Gasteiger partial charge < -0.3 is 4.98 Å². The number of aromatic nitrogens is 3. The zero-order valence-corrected chi connectivity index (χ0v) is 7.20. The van der Waals surface area contributed by atoms with Crippen LogP contribution in [0.5, 0.6) is 0 Å². The summed E-state index contributed by atoms with van der Waals surface area (Å²) in [6.45, 7) is 4.30. The molecule has 12 heavy (non-hydrogen) atoms. The highest BCUT2D eigenvalue weighted by atomic mass is 15.1. The van der Waals surface area contributed by atoms with Crippen molar-refractivity contribution in [3.05, 3.63) is 24.0 Å². The average molecular weight is 161 g/mol. The van der Waals surface area contributed by atoms with E-state index in [1.807, 2.05) is 18.5 Å². The third-order valence-electron chi connectivity index (χ3n) is 2.00. The van der Waals surface area contributed by atoms with Crippen molar-refractivity contribution in [2.24, 2.45) is 0 Å². The molecule has 0 saturated heterocycles. The summed E-state index contributed by atoms with van der Waals surface area (Å²) in [7, 11) is 0. The Morgan fingerprint density at radius 2 is 2.25 bits per heavy atom. The topological polar surface area (TPSA) is 41.6 Å². The van der Waals surface area contributed by atoms with Crippen molar-refractivity contribution in [3.8, 4) is 0 Å². The minimum absolute atomic E-state index is 0.488. The number of hydrogen-bond donors (Lipinski definition) is 1. The molecule has 0 aromatic carbocycles. The molecular formula is C9H11N3. The summed E-state index contributed by atoms with van der Waals surface area (Å²) >= 11 is 0. The lowest BCUT2D eigenvalue weighted by atomic mass is 10.1. The highest BCUT2D eigenvalue weighted by Gasteiger charge is 2.06. The molecule has 2 aromatic heterocycles. The van der Waals surface area contributed by atoms with Crippen molar-refractivity contribution < 1.29 is 0 Å². The zero-order chi connectivity index (χ0) is 8.55. The molecule has 2 heterocycles. The van der Waals surface area contributed by atoms with Crippen molar-refractivity contribution in [2.45, 2.75) is 19.8 Å². The number of H-pyrrole nitrogens is 1. The van der Waals surface area contributed by atoms with Crippen LogP contribution in [0.1, 0.15) is 25.3 Å². The van der Waals surface area contributed by atoms with Crippen LogP contribution in [-0.2, 0) is 0 Å². The van der Waals surface area contributed by atoms with E-state index in [2.05, 4.69) is 29.0 Å². The van der Waals surface area contributed by atoms with E-state index in [9.17, 15) is 0 Å². The monoisotopic (exact) mass is 161 g/mol. The first-order valence-electron chi connectivity index (χ1n) is 4.07. The van der Waals surface area contributed by atoms with Crippen LogP contribution in [0.15, 0.2) is 18.5 Å². The van der Waals surface area contributed by atoms with Gasteiger partial charge in [0.05, 0.1) is 11.7 Å². The van der Waals surface area contributed by atoms with Gasteiger partial charge in [0.2, 0.25) is 0 Å². The maximum atomic E-state index is 4.00. The predicted molar refractivity (Wildman–Crippen MR) is 48.0 cm³/mol. The third kappa shape index (κ3) is 0.978. The minimum Gasteiger partial charge on any atom is -0.360 e. The van der Waals surface area contributed by atoms with Crippen molar-refractivity contribution in [1.29, 1.82) is 0 Å². The molecule has 0 fully saturated rings. The van der Waals surface area contributed by atoms with Crippen LogP contribution in [0.4, 0.5) is 0 Å². The molecule has 2 aromatic rings. The lowest BCUT2D eigenvalue weighted by molar-refractivity contribution is 0.855. The molecule has 3 heteroatoms. The quantitative estimate of drug-likeness (QED) is 0.695. The maximum Gasteiger partial charge on any atom is 0.111 e. The second kappa shape index (κ2) is 2.59. The highest BCUT2D eigenvalue weighted by Crippen LogP contribution is 2.20. The fourth-order valence-electron chi connectivity index (χ4n) is 1.33. The number of fused-ring (bicyclic) bond motifs is 1. The Morgan fingerprint density at radius 1 is 1.42 bits per heavy atom. The Labute approximate surface area is 70.8 Å².